The van der Waals surface area contributed by atoms with Crippen molar-refractivity contribution in [2.45, 2.75) is 89.0 Å². The maximum absolute atomic E-state index is 13.7. The van der Waals surface area contributed by atoms with Crippen molar-refractivity contribution in [1.82, 2.24) is 10.6 Å². The average molecular weight is 599 g/mol. The Kier molecular flexibility index (Phi) is 9.33. The van der Waals surface area contributed by atoms with Crippen molar-refractivity contribution in [1.29, 1.82) is 0 Å². The number of esters is 1. The molecule has 3 aliphatic heterocycles. The maximum Gasteiger partial charge on any atom is 0.407 e. The number of carbonyl (C=O) groups is 3. The van der Waals surface area contributed by atoms with Crippen molar-refractivity contribution >= 4 is 18.0 Å². The molecule has 5 rings (SSSR count). The van der Waals surface area contributed by atoms with Crippen molar-refractivity contribution in [2.75, 3.05) is 13.2 Å². The Morgan fingerprint density at radius 2 is 1.56 bits per heavy atom. The van der Waals surface area contributed by atoms with E-state index in [0.717, 1.165) is 11.1 Å². The van der Waals surface area contributed by atoms with Crippen LogP contribution in [-0.4, -0.2) is 79.4 Å². The van der Waals surface area contributed by atoms with Crippen LogP contribution in [0.15, 0.2) is 60.7 Å². The summed E-state index contributed by atoms with van der Waals surface area (Å²) >= 11 is 0. The molecule has 4 unspecified atom stereocenters. The lowest BCUT2D eigenvalue weighted by Gasteiger charge is -2.30. The second-order valence-electron chi connectivity index (χ2n) is 11.6. The zero-order chi connectivity index (χ0) is 30.6. The van der Waals surface area contributed by atoms with Gasteiger partial charge in [-0.3, -0.25) is 4.79 Å². The van der Waals surface area contributed by atoms with Crippen molar-refractivity contribution in [3.63, 3.8) is 0 Å². The van der Waals surface area contributed by atoms with Gasteiger partial charge in [0.15, 0.2) is 30.1 Å². The number of carbonyl (C=O) groups excluding carboxylic acids is 3. The number of alkyl carbamates (subject to hydrolysis) is 1. The third-order valence-corrected chi connectivity index (χ3v) is 7.18. The van der Waals surface area contributed by atoms with E-state index >= 15 is 0 Å². The van der Waals surface area contributed by atoms with Gasteiger partial charge in [0.25, 0.3) is 0 Å². The summed E-state index contributed by atoms with van der Waals surface area (Å²) < 4.78 is 41.0. The highest BCUT2D eigenvalue weighted by Crippen LogP contribution is 2.42. The van der Waals surface area contributed by atoms with Crippen LogP contribution < -0.4 is 10.6 Å². The van der Waals surface area contributed by atoms with Crippen LogP contribution in [0.3, 0.4) is 0 Å². The van der Waals surface area contributed by atoms with Crippen molar-refractivity contribution < 1.29 is 47.5 Å². The van der Waals surface area contributed by atoms with Gasteiger partial charge < -0.3 is 43.8 Å². The first kappa shape index (κ1) is 30.9. The second kappa shape index (κ2) is 13.0. The van der Waals surface area contributed by atoms with Gasteiger partial charge >= 0.3 is 12.1 Å². The summed E-state index contributed by atoms with van der Waals surface area (Å²) in [6, 6.07) is 17.3. The molecule has 2 N–H and O–H groups in total. The van der Waals surface area contributed by atoms with Crippen molar-refractivity contribution in [3.8, 4) is 0 Å². The van der Waals surface area contributed by atoms with Gasteiger partial charge in [-0.25, -0.2) is 9.59 Å². The first-order valence-electron chi connectivity index (χ1n) is 14.3. The first-order chi connectivity index (χ1) is 20.5. The summed E-state index contributed by atoms with van der Waals surface area (Å²) in [5.74, 6) is -3.08. The maximum atomic E-state index is 13.7. The van der Waals surface area contributed by atoms with Crippen LogP contribution in [0.1, 0.15) is 38.8 Å². The molecule has 0 aliphatic carbocycles. The molecule has 2 aromatic rings. The summed E-state index contributed by atoms with van der Waals surface area (Å²) in [6.45, 7) is 6.95. The lowest BCUT2D eigenvalue weighted by Crippen LogP contribution is -2.51. The number of ether oxygens (including phenoxy) is 7. The summed E-state index contributed by atoms with van der Waals surface area (Å²) in [4.78, 5) is 38.7. The van der Waals surface area contributed by atoms with Gasteiger partial charge in [0, 0.05) is 6.42 Å². The predicted octanol–water partition coefficient (Wildman–Crippen LogP) is 2.58. The molecule has 0 radical (unpaired) electrons. The quantitative estimate of drug-likeness (QED) is 0.392. The molecular formula is C31H38N2O10. The van der Waals surface area contributed by atoms with Gasteiger partial charge in [-0.1, -0.05) is 60.7 Å². The summed E-state index contributed by atoms with van der Waals surface area (Å²) in [5, 5.41) is 5.10. The largest absolute Gasteiger partial charge is 0.455 e. The van der Waals surface area contributed by atoms with Crippen LogP contribution in [-0.2, 0) is 55.8 Å². The van der Waals surface area contributed by atoms with Gasteiger partial charge in [0.1, 0.15) is 31.4 Å². The van der Waals surface area contributed by atoms with Gasteiger partial charge in [0.05, 0.1) is 6.61 Å². The topological polar surface area (TPSA) is 140 Å². The fourth-order valence-corrected chi connectivity index (χ4v) is 5.25. The van der Waals surface area contributed by atoms with E-state index < -0.39 is 72.8 Å². The van der Waals surface area contributed by atoms with Crippen LogP contribution in [0.2, 0.25) is 0 Å². The second-order valence-corrected chi connectivity index (χ2v) is 11.6. The van der Waals surface area contributed by atoms with E-state index in [-0.39, 0.29) is 19.6 Å². The minimum absolute atomic E-state index is 0.0551. The lowest BCUT2D eigenvalue weighted by molar-refractivity contribution is -0.235. The Labute approximate surface area is 250 Å². The monoisotopic (exact) mass is 598 g/mol. The molecule has 43 heavy (non-hydrogen) atoms. The minimum Gasteiger partial charge on any atom is -0.455 e. The third kappa shape index (κ3) is 8.09. The molecule has 0 aromatic heterocycles. The number of fused-ring (bicyclic) bond motifs is 1. The fourth-order valence-electron chi connectivity index (χ4n) is 5.25. The van der Waals surface area contributed by atoms with Crippen molar-refractivity contribution in [3.05, 3.63) is 71.8 Å². The van der Waals surface area contributed by atoms with E-state index in [1.54, 1.807) is 27.7 Å². The van der Waals surface area contributed by atoms with E-state index in [1.807, 2.05) is 60.7 Å². The Hall–Kier alpha value is -3.55. The minimum atomic E-state index is -1.08. The van der Waals surface area contributed by atoms with Crippen molar-refractivity contribution in [2.24, 2.45) is 0 Å². The molecule has 2 amide bonds. The highest BCUT2D eigenvalue weighted by molar-refractivity contribution is 5.87. The Bertz CT molecular complexity index is 1270. The first-order valence-corrected chi connectivity index (χ1v) is 14.3. The van der Waals surface area contributed by atoms with E-state index in [2.05, 4.69) is 10.6 Å². The number of hydrogen-bond donors (Lipinski definition) is 2. The van der Waals surface area contributed by atoms with E-state index in [4.69, 9.17) is 33.2 Å². The third-order valence-electron chi connectivity index (χ3n) is 7.18. The average Bonchev–Trinajstić information content (AvgIpc) is 3.60. The molecule has 0 spiro atoms. The number of nitrogens with one attached hydrogen (secondary N) is 2. The predicted molar refractivity (Wildman–Crippen MR) is 150 cm³/mol. The normalized spacial score (nSPS) is 27.6. The van der Waals surface area contributed by atoms with Crippen LogP contribution in [0.25, 0.3) is 0 Å². The Balaban J connectivity index is 1.24. The molecule has 6 atom stereocenters. The number of benzene rings is 2. The van der Waals surface area contributed by atoms with Gasteiger partial charge in [-0.15, -0.1) is 0 Å². The molecule has 0 saturated carbocycles. The highest BCUT2D eigenvalue weighted by Gasteiger charge is 2.60. The van der Waals surface area contributed by atoms with E-state index in [0.29, 0.717) is 0 Å². The zero-order valence-corrected chi connectivity index (χ0v) is 24.6. The molecule has 3 heterocycles. The zero-order valence-electron chi connectivity index (χ0n) is 24.6. The molecule has 3 aliphatic rings. The molecule has 2 aromatic carbocycles. The number of rotatable bonds is 10. The molecule has 12 heteroatoms. The lowest BCUT2D eigenvalue weighted by atomic mass is 10.0. The highest BCUT2D eigenvalue weighted by atomic mass is 16.8. The van der Waals surface area contributed by atoms with Gasteiger partial charge in [-0.2, -0.15) is 0 Å². The SMILES string of the molecule is CC1(C)OC2O[C@H]([C@@H]3COC(C)(C)O3)C(OC(=O)C(Cc3ccccc3)NC(=O)CNC(=O)OCc3ccccc3)C2O1. The molecule has 0 bridgehead atoms. The van der Waals surface area contributed by atoms with Crippen LogP contribution >= 0.6 is 0 Å². The van der Waals surface area contributed by atoms with E-state index in [9.17, 15) is 14.4 Å². The summed E-state index contributed by atoms with van der Waals surface area (Å²) in [6.07, 6.45) is -4.28. The fraction of sp³-hybridized carbons (Fsp3) is 0.516. The van der Waals surface area contributed by atoms with Gasteiger partial charge in [-0.05, 0) is 38.8 Å². The smallest absolute Gasteiger partial charge is 0.407 e. The standard InChI is InChI=1S/C31H38N2O10/c1-30(2)38-18-22(41-30)24-25(26-28(40-24)43-31(3,4)42-26)39-27(35)21(15-19-11-7-5-8-12-19)33-23(34)16-32-29(36)37-17-20-13-9-6-10-14-20/h5-14,21-22,24-26,28H,15-18H2,1-4H3,(H,32,36)(H,33,34)/t21?,22-,24+,25?,26?,28?/m0/s1. The molecular weight excluding hydrogens is 560 g/mol. The van der Waals surface area contributed by atoms with Gasteiger partial charge in [0.2, 0.25) is 5.91 Å². The van der Waals surface area contributed by atoms with Crippen LogP contribution in [0.4, 0.5) is 4.79 Å². The van der Waals surface area contributed by atoms with E-state index in [1.165, 1.54) is 0 Å². The molecule has 12 nitrogen and oxygen atoms in total. The molecule has 3 saturated heterocycles. The number of hydrogen-bond acceptors (Lipinski definition) is 10. The molecule has 232 valence electrons. The Morgan fingerprint density at radius 3 is 2.21 bits per heavy atom. The summed E-state index contributed by atoms with van der Waals surface area (Å²) in [7, 11) is 0. The van der Waals surface area contributed by atoms with Crippen LogP contribution in [0.5, 0.6) is 0 Å². The Morgan fingerprint density at radius 1 is 0.884 bits per heavy atom. The summed E-state index contributed by atoms with van der Waals surface area (Å²) in [5.41, 5.74) is 1.61. The molecule has 3 fully saturated rings. The van der Waals surface area contributed by atoms with Crippen LogP contribution in [0, 0.1) is 0 Å². The number of amides is 2.